The largest absolute Gasteiger partial charge is 0.379 e. The van der Waals surface area contributed by atoms with Gasteiger partial charge in [0.15, 0.2) is 0 Å². The van der Waals surface area contributed by atoms with Crippen molar-refractivity contribution in [1.29, 1.82) is 0 Å². The van der Waals surface area contributed by atoms with Gasteiger partial charge in [-0.25, -0.2) is 0 Å². The smallest absolute Gasteiger partial charge is 0.224 e. The molecule has 3 N–H and O–H groups in total. The average Bonchev–Trinajstić information content (AvgIpc) is 2.69. The highest BCUT2D eigenvalue weighted by atomic mass is 16.1. The molecule has 0 spiro atoms. The quantitative estimate of drug-likeness (QED) is 0.684. The molecule has 0 radical (unpaired) electrons. The summed E-state index contributed by atoms with van der Waals surface area (Å²) < 4.78 is 0. The Bertz CT molecular complexity index is 678. The third-order valence-electron chi connectivity index (χ3n) is 5.09. The number of hydrogen-bond donors (Lipinski definition) is 3. The minimum Gasteiger partial charge on any atom is -0.379 e. The molecule has 1 aliphatic rings. The zero-order chi connectivity index (χ0) is 18.2. The molecule has 0 aliphatic carbocycles. The summed E-state index contributed by atoms with van der Waals surface area (Å²) in [5.74, 6) is 0.801. The van der Waals surface area contributed by atoms with Crippen molar-refractivity contribution in [3.05, 3.63) is 60.2 Å². The van der Waals surface area contributed by atoms with Gasteiger partial charge in [-0.05, 0) is 75.0 Å². The summed E-state index contributed by atoms with van der Waals surface area (Å²) in [7, 11) is 0. The fourth-order valence-corrected chi connectivity index (χ4v) is 3.45. The van der Waals surface area contributed by atoms with Crippen LogP contribution in [-0.4, -0.2) is 19.0 Å². The summed E-state index contributed by atoms with van der Waals surface area (Å²) in [4.78, 5) is 12.2. The molecule has 1 heterocycles. The van der Waals surface area contributed by atoms with Crippen LogP contribution in [0.1, 0.15) is 44.2 Å². The monoisotopic (exact) mass is 351 g/mol. The minimum atomic E-state index is 0.113. The molecule has 1 saturated heterocycles. The first-order chi connectivity index (χ1) is 12.7. The predicted molar refractivity (Wildman–Crippen MR) is 108 cm³/mol. The van der Waals surface area contributed by atoms with Gasteiger partial charge in [0.25, 0.3) is 0 Å². The van der Waals surface area contributed by atoms with E-state index in [4.69, 9.17) is 0 Å². The van der Waals surface area contributed by atoms with Crippen LogP contribution in [0.25, 0.3) is 0 Å². The van der Waals surface area contributed by atoms with Crippen LogP contribution in [-0.2, 0) is 4.79 Å². The number of benzene rings is 2. The molecular formula is C22H29N3O. The minimum absolute atomic E-state index is 0.113. The number of amides is 1. The van der Waals surface area contributed by atoms with E-state index >= 15 is 0 Å². The van der Waals surface area contributed by atoms with E-state index in [1.54, 1.807) is 0 Å². The van der Waals surface area contributed by atoms with Crippen LogP contribution in [0, 0.1) is 5.92 Å². The molecule has 1 atom stereocenters. The SMILES string of the molecule is CC(Nc1ccc(NC(=O)CCC2CCNCC2)cc1)c1ccccc1. The van der Waals surface area contributed by atoms with Gasteiger partial charge in [0.05, 0.1) is 0 Å². The topological polar surface area (TPSA) is 53.2 Å². The molecule has 4 nitrogen and oxygen atoms in total. The van der Waals surface area contributed by atoms with E-state index in [1.165, 1.54) is 18.4 Å². The molecule has 138 valence electrons. The van der Waals surface area contributed by atoms with E-state index in [0.717, 1.165) is 30.9 Å². The van der Waals surface area contributed by atoms with Gasteiger partial charge >= 0.3 is 0 Å². The zero-order valence-electron chi connectivity index (χ0n) is 15.5. The van der Waals surface area contributed by atoms with Crippen LogP contribution in [0.15, 0.2) is 54.6 Å². The lowest BCUT2D eigenvalue weighted by atomic mass is 9.93. The van der Waals surface area contributed by atoms with Crippen LogP contribution >= 0.6 is 0 Å². The summed E-state index contributed by atoms with van der Waals surface area (Å²) in [6, 6.07) is 18.6. The van der Waals surface area contributed by atoms with Gasteiger partial charge in [0.1, 0.15) is 0 Å². The van der Waals surface area contributed by atoms with Crippen molar-refractivity contribution in [2.45, 2.75) is 38.6 Å². The van der Waals surface area contributed by atoms with Gasteiger partial charge in [0, 0.05) is 23.8 Å². The average molecular weight is 351 g/mol. The van der Waals surface area contributed by atoms with Crippen molar-refractivity contribution < 1.29 is 4.79 Å². The molecule has 1 unspecified atom stereocenters. The van der Waals surface area contributed by atoms with Crippen LogP contribution in [0.5, 0.6) is 0 Å². The molecule has 2 aromatic carbocycles. The molecule has 3 rings (SSSR count). The van der Waals surface area contributed by atoms with E-state index in [1.807, 2.05) is 30.3 Å². The Morgan fingerprint density at radius 3 is 2.38 bits per heavy atom. The number of anilines is 2. The molecule has 0 saturated carbocycles. The van der Waals surface area contributed by atoms with Gasteiger partial charge in [-0.3, -0.25) is 4.79 Å². The normalized spacial score (nSPS) is 16.0. The first kappa shape index (κ1) is 18.5. The zero-order valence-corrected chi connectivity index (χ0v) is 15.5. The van der Waals surface area contributed by atoms with Gasteiger partial charge in [0.2, 0.25) is 5.91 Å². The number of carbonyl (C=O) groups excluding carboxylic acids is 1. The first-order valence-electron chi connectivity index (χ1n) is 9.63. The summed E-state index contributed by atoms with van der Waals surface area (Å²) in [6.07, 6.45) is 3.97. The Hall–Kier alpha value is -2.33. The highest BCUT2D eigenvalue weighted by Gasteiger charge is 2.14. The second kappa shape index (κ2) is 9.39. The van der Waals surface area contributed by atoms with Crippen molar-refractivity contribution in [2.24, 2.45) is 5.92 Å². The van der Waals surface area contributed by atoms with Crippen LogP contribution in [0.3, 0.4) is 0 Å². The van der Waals surface area contributed by atoms with E-state index < -0.39 is 0 Å². The lowest BCUT2D eigenvalue weighted by Gasteiger charge is -2.22. The lowest BCUT2D eigenvalue weighted by molar-refractivity contribution is -0.116. The second-order valence-electron chi connectivity index (χ2n) is 7.13. The number of rotatable bonds is 7. The van der Waals surface area contributed by atoms with E-state index in [2.05, 4.69) is 47.1 Å². The Balaban J connectivity index is 1.45. The standard InChI is InChI=1S/C22H29N3O/c1-17(19-5-3-2-4-6-19)24-20-8-10-21(11-9-20)25-22(26)12-7-18-13-15-23-16-14-18/h2-6,8-11,17-18,23-24H,7,12-16H2,1H3,(H,25,26). The fraction of sp³-hybridized carbons (Fsp3) is 0.409. The van der Waals surface area contributed by atoms with Crippen LogP contribution in [0.4, 0.5) is 11.4 Å². The Morgan fingerprint density at radius 2 is 1.69 bits per heavy atom. The van der Waals surface area contributed by atoms with Gasteiger partial charge in [-0.15, -0.1) is 0 Å². The fourth-order valence-electron chi connectivity index (χ4n) is 3.45. The second-order valence-corrected chi connectivity index (χ2v) is 7.13. The maximum absolute atomic E-state index is 12.2. The number of piperidine rings is 1. The maximum Gasteiger partial charge on any atom is 0.224 e. The van der Waals surface area contributed by atoms with Crippen LogP contribution in [0.2, 0.25) is 0 Å². The number of nitrogens with one attached hydrogen (secondary N) is 3. The van der Waals surface area contributed by atoms with Gasteiger partial charge in [-0.2, -0.15) is 0 Å². The van der Waals surface area contributed by atoms with Gasteiger partial charge < -0.3 is 16.0 Å². The van der Waals surface area contributed by atoms with E-state index in [0.29, 0.717) is 12.3 Å². The molecule has 1 aliphatic heterocycles. The predicted octanol–water partition coefficient (Wildman–Crippen LogP) is 4.58. The molecule has 2 aromatic rings. The third kappa shape index (κ3) is 5.60. The molecular weight excluding hydrogens is 322 g/mol. The van der Waals surface area contributed by atoms with Crippen molar-refractivity contribution in [2.75, 3.05) is 23.7 Å². The van der Waals surface area contributed by atoms with Crippen molar-refractivity contribution in [3.63, 3.8) is 0 Å². The Labute approximate surface area is 156 Å². The Morgan fingerprint density at radius 1 is 1.04 bits per heavy atom. The summed E-state index contributed by atoms with van der Waals surface area (Å²) in [5.41, 5.74) is 3.16. The van der Waals surface area contributed by atoms with E-state index in [-0.39, 0.29) is 11.9 Å². The van der Waals surface area contributed by atoms with Crippen LogP contribution < -0.4 is 16.0 Å². The van der Waals surface area contributed by atoms with Crippen molar-refractivity contribution in [3.8, 4) is 0 Å². The molecule has 0 aromatic heterocycles. The van der Waals surface area contributed by atoms with Gasteiger partial charge in [-0.1, -0.05) is 30.3 Å². The van der Waals surface area contributed by atoms with Crippen molar-refractivity contribution in [1.82, 2.24) is 5.32 Å². The highest BCUT2D eigenvalue weighted by Crippen LogP contribution is 2.21. The first-order valence-corrected chi connectivity index (χ1v) is 9.63. The molecule has 1 fully saturated rings. The number of hydrogen-bond acceptors (Lipinski definition) is 3. The molecule has 26 heavy (non-hydrogen) atoms. The summed E-state index contributed by atoms with van der Waals surface area (Å²) in [5, 5.41) is 9.86. The maximum atomic E-state index is 12.2. The third-order valence-corrected chi connectivity index (χ3v) is 5.09. The molecule has 0 bridgehead atoms. The molecule has 1 amide bonds. The van der Waals surface area contributed by atoms with Crippen molar-refractivity contribution >= 4 is 17.3 Å². The van der Waals surface area contributed by atoms with E-state index in [9.17, 15) is 4.79 Å². The number of carbonyl (C=O) groups is 1. The summed E-state index contributed by atoms with van der Waals surface area (Å²) >= 11 is 0. The summed E-state index contributed by atoms with van der Waals surface area (Å²) in [6.45, 7) is 4.32. The molecule has 4 heteroatoms. The highest BCUT2D eigenvalue weighted by molar-refractivity contribution is 5.90. The Kier molecular flexibility index (Phi) is 6.67. The lowest BCUT2D eigenvalue weighted by Crippen LogP contribution is -2.28.